The van der Waals surface area contributed by atoms with Gasteiger partial charge in [0, 0.05) is 17.8 Å². The van der Waals surface area contributed by atoms with Crippen LogP contribution >= 0.6 is 0 Å². The highest BCUT2D eigenvalue weighted by atomic mass is 19.1. The predicted molar refractivity (Wildman–Crippen MR) is 75.8 cm³/mol. The number of rotatable bonds is 4. The molecule has 1 atom stereocenters. The van der Waals surface area contributed by atoms with Crippen LogP contribution in [0.4, 0.5) is 4.39 Å². The molecule has 3 N–H and O–H groups in total. The first-order chi connectivity index (χ1) is 9.56. The summed E-state index contributed by atoms with van der Waals surface area (Å²) >= 11 is 0. The summed E-state index contributed by atoms with van der Waals surface area (Å²) in [5.74, 6) is 5.68. The van der Waals surface area contributed by atoms with Gasteiger partial charge in [-0.25, -0.2) is 9.82 Å². The Bertz CT molecular complexity index is 616. The molecule has 0 amide bonds. The lowest BCUT2D eigenvalue weighted by molar-refractivity contribution is 0.410. The Kier molecular flexibility index (Phi) is 4.32. The molecule has 5 heteroatoms. The molecule has 4 nitrogen and oxygen atoms in total. The number of benzene rings is 1. The van der Waals surface area contributed by atoms with Gasteiger partial charge in [0.15, 0.2) is 0 Å². The van der Waals surface area contributed by atoms with Gasteiger partial charge in [0.05, 0.1) is 18.8 Å². The molecule has 0 aliphatic carbocycles. The van der Waals surface area contributed by atoms with Crippen LogP contribution in [-0.2, 0) is 0 Å². The highest BCUT2D eigenvalue weighted by molar-refractivity contribution is 5.37. The average molecular weight is 275 g/mol. The van der Waals surface area contributed by atoms with Crippen molar-refractivity contribution in [2.75, 3.05) is 7.11 Å². The van der Waals surface area contributed by atoms with Crippen LogP contribution in [0, 0.1) is 19.7 Å². The van der Waals surface area contributed by atoms with E-state index in [1.807, 2.05) is 19.9 Å². The standard InChI is InChI=1S/C15H18FN3O/c1-9-6-10(2)14(18-8-9)15(19-17)12-5-4-11(20-3)7-13(12)16/h4-8,15,19H,17H2,1-3H3. The van der Waals surface area contributed by atoms with Crippen molar-refractivity contribution in [1.29, 1.82) is 0 Å². The summed E-state index contributed by atoms with van der Waals surface area (Å²) in [5.41, 5.74) is 5.79. The fourth-order valence-electron chi connectivity index (χ4n) is 2.21. The van der Waals surface area contributed by atoms with Crippen LogP contribution < -0.4 is 16.0 Å². The minimum atomic E-state index is -0.499. The maximum atomic E-state index is 14.2. The topological polar surface area (TPSA) is 60.2 Å². The van der Waals surface area contributed by atoms with Crippen molar-refractivity contribution in [2.45, 2.75) is 19.9 Å². The monoisotopic (exact) mass is 275 g/mol. The number of nitrogens with two attached hydrogens (primary N) is 1. The van der Waals surface area contributed by atoms with Crippen molar-refractivity contribution in [3.05, 3.63) is 58.7 Å². The lowest BCUT2D eigenvalue weighted by Gasteiger charge is -2.19. The largest absolute Gasteiger partial charge is 0.497 e. The molecule has 0 spiro atoms. The highest BCUT2D eigenvalue weighted by Gasteiger charge is 2.20. The summed E-state index contributed by atoms with van der Waals surface area (Å²) in [6.45, 7) is 3.89. The molecule has 20 heavy (non-hydrogen) atoms. The van der Waals surface area contributed by atoms with Gasteiger partial charge < -0.3 is 4.74 Å². The van der Waals surface area contributed by atoms with Gasteiger partial charge >= 0.3 is 0 Å². The number of halogens is 1. The van der Waals surface area contributed by atoms with Crippen molar-refractivity contribution >= 4 is 0 Å². The molecular weight excluding hydrogens is 257 g/mol. The maximum absolute atomic E-state index is 14.2. The Morgan fingerprint density at radius 1 is 1.30 bits per heavy atom. The Morgan fingerprint density at radius 3 is 2.60 bits per heavy atom. The van der Waals surface area contributed by atoms with Gasteiger partial charge in [0.1, 0.15) is 11.6 Å². The first-order valence-electron chi connectivity index (χ1n) is 6.29. The van der Waals surface area contributed by atoms with Crippen molar-refractivity contribution in [3.8, 4) is 5.75 Å². The SMILES string of the molecule is COc1ccc(C(NN)c2ncc(C)cc2C)c(F)c1. The van der Waals surface area contributed by atoms with Crippen molar-refractivity contribution in [1.82, 2.24) is 10.4 Å². The third-order valence-electron chi connectivity index (χ3n) is 3.21. The van der Waals surface area contributed by atoms with Crippen LogP contribution in [0.1, 0.15) is 28.4 Å². The molecule has 0 saturated carbocycles. The quantitative estimate of drug-likeness (QED) is 0.664. The summed E-state index contributed by atoms with van der Waals surface area (Å²) in [4.78, 5) is 4.37. The summed E-state index contributed by atoms with van der Waals surface area (Å²) in [5, 5.41) is 0. The van der Waals surface area contributed by atoms with Gasteiger partial charge in [-0.2, -0.15) is 0 Å². The molecule has 0 saturated heterocycles. The van der Waals surface area contributed by atoms with Gasteiger partial charge in [-0.3, -0.25) is 10.8 Å². The molecule has 1 aromatic heterocycles. The lowest BCUT2D eigenvalue weighted by Crippen LogP contribution is -2.30. The van der Waals surface area contributed by atoms with Crippen LogP contribution in [-0.4, -0.2) is 12.1 Å². The number of nitrogens with one attached hydrogen (secondary N) is 1. The number of aryl methyl sites for hydroxylation is 2. The molecule has 0 fully saturated rings. The molecule has 0 radical (unpaired) electrons. The Hall–Kier alpha value is -1.98. The Morgan fingerprint density at radius 2 is 2.05 bits per heavy atom. The van der Waals surface area contributed by atoms with E-state index in [-0.39, 0.29) is 5.82 Å². The first-order valence-corrected chi connectivity index (χ1v) is 6.29. The van der Waals surface area contributed by atoms with Crippen LogP contribution in [0.2, 0.25) is 0 Å². The predicted octanol–water partition coefficient (Wildman–Crippen LogP) is 2.40. The van der Waals surface area contributed by atoms with E-state index in [4.69, 9.17) is 10.6 Å². The zero-order chi connectivity index (χ0) is 14.7. The number of nitrogens with zero attached hydrogens (tertiary/aromatic N) is 1. The summed E-state index contributed by atoms with van der Waals surface area (Å²) < 4.78 is 19.2. The second-order valence-corrected chi connectivity index (χ2v) is 4.70. The van der Waals surface area contributed by atoms with Gasteiger partial charge in [-0.1, -0.05) is 12.1 Å². The van der Waals surface area contributed by atoms with Gasteiger partial charge in [0.25, 0.3) is 0 Å². The third-order valence-corrected chi connectivity index (χ3v) is 3.21. The number of hydrazine groups is 1. The normalized spacial score (nSPS) is 12.2. The smallest absolute Gasteiger partial charge is 0.132 e. The van der Waals surface area contributed by atoms with Gasteiger partial charge in [0.2, 0.25) is 0 Å². The number of ether oxygens (including phenoxy) is 1. The van der Waals surface area contributed by atoms with Crippen LogP contribution in [0.15, 0.2) is 30.5 Å². The number of methoxy groups -OCH3 is 1. The van der Waals surface area contributed by atoms with E-state index in [1.54, 1.807) is 18.3 Å². The summed E-state index contributed by atoms with van der Waals surface area (Å²) in [6, 6.07) is 6.19. The average Bonchev–Trinajstić information content (AvgIpc) is 2.43. The molecule has 1 aromatic carbocycles. The maximum Gasteiger partial charge on any atom is 0.132 e. The summed E-state index contributed by atoms with van der Waals surface area (Å²) in [7, 11) is 1.50. The fourth-order valence-corrected chi connectivity index (χ4v) is 2.21. The van der Waals surface area contributed by atoms with Crippen molar-refractivity contribution in [2.24, 2.45) is 5.84 Å². The minimum Gasteiger partial charge on any atom is -0.497 e. The number of hydrogen-bond acceptors (Lipinski definition) is 4. The van der Waals surface area contributed by atoms with E-state index >= 15 is 0 Å². The molecule has 0 aliphatic heterocycles. The Labute approximate surface area is 117 Å². The molecule has 1 unspecified atom stereocenters. The highest BCUT2D eigenvalue weighted by Crippen LogP contribution is 2.27. The second kappa shape index (κ2) is 5.98. The number of aromatic nitrogens is 1. The number of pyridine rings is 1. The minimum absolute atomic E-state index is 0.380. The lowest BCUT2D eigenvalue weighted by atomic mass is 9.99. The zero-order valence-electron chi connectivity index (χ0n) is 11.8. The molecule has 2 rings (SSSR count). The van der Waals surface area contributed by atoms with Crippen LogP contribution in [0.25, 0.3) is 0 Å². The molecule has 0 aliphatic rings. The van der Waals surface area contributed by atoms with Crippen molar-refractivity contribution < 1.29 is 9.13 Å². The van der Waals surface area contributed by atoms with E-state index in [1.165, 1.54) is 13.2 Å². The molecule has 0 bridgehead atoms. The molecule has 1 heterocycles. The fraction of sp³-hybridized carbons (Fsp3) is 0.267. The van der Waals surface area contributed by atoms with E-state index in [0.717, 1.165) is 11.1 Å². The zero-order valence-corrected chi connectivity index (χ0v) is 11.8. The van der Waals surface area contributed by atoms with E-state index in [0.29, 0.717) is 17.0 Å². The van der Waals surface area contributed by atoms with Crippen LogP contribution in [0.5, 0.6) is 5.75 Å². The van der Waals surface area contributed by atoms with E-state index in [2.05, 4.69) is 10.4 Å². The second-order valence-electron chi connectivity index (χ2n) is 4.70. The van der Waals surface area contributed by atoms with Gasteiger partial charge in [-0.05, 0) is 31.0 Å². The third kappa shape index (κ3) is 2.79. The van der Waals surface area contributed by atoms with Crippen molar-refractivity contribution in [3.63, 3.8) is 0 Å². The van der Waals surface area contributed by atoms with Crippen LogP contribution in [0.3, 0.4) is 0 Å². The Balaban J connectivity index is 2.47. The summed E-state index contributed by atoms with van der Waals surface area (Å²) in [6.07, 6.45) is 1.74. The van der Waals surface area contributed by atoms with Gasteiger partial charge in [-0.15, -0.1) is 0 Å². The molecule has 106 valence electrons. The molecular formula is C15H18FN3O. The van der Waals surface area contributed by atoms with E-state index in [9.17, 15) is 4.39 Å². The first kappa shape index (κ1) is 14.4. The number of hydrogen-bond donors (Lipinski definition) is 2. The van der Waals surface area contributed by atoms with E-state index < -0.39 is 6.04 Å². The molecule has 2 aromatic rings.